The van der Waals surface area contributed by atoms with E-state index in [1.165, 1.54) is 16.5 Å². The van der Waals surface area contributed by atoms with E-state index in [4.69, 9.17) is 21.9 Å². The number of benzene rings is 4. The van der Waals surface area contributed by atoms with Gasteiger partial charge in [-0.25, -0.2) is 0 Å². The molecule has 5 rings (SSSR count). The van der Waals surface area contributed by atoms with E-state index in [1.807, 2.05) is 55.6 Å². The van der Waals surface area contributed by atoms with E-state index in [-0.39, 0.29) is 6.04 Å². The molecule has 274 valence electrons. The average Bonchev–Trinajstić information content (AvgIpc) is 3.23. The van der Waals surface area contributed by atoms with Crippen molar-refractivity contribution in [1.29, 1.82) is 10.5 Å². The largest absolute Gasteiger partial charge is 0.400 e. The monoisotopic (exact) mass is 712 g/mol. The zero-order valence-electron chi connectivity index (χ0n) is 32.1. The van der Waals surface area contributed by atoms with Gasteiger partial charge in [-0.05, 0) is 121 Å². The zero-order valence-corrected chi connectivity index (χ0v) is 32.1. The summed E-state index contributed by atoms with van der Waals surface area (Å²) in [5, 5.41) is 27.1. The molecule has 1 aliphatic carbocycles. The molecule has 0 spiro atoms. The minimum absolute atomic E-state index is 0.102. The topological polar surface area (TPSA) is 83.4 Å². The summed E-state index contributed by atoms with van der Waals surface area (Å²) < 4.78 is 0. The van der Waals surface area contributed by atoms with Gasteiger partial charge in [0.2, 0.25) is 0 Å². The number of rotatable bonds is 13. The summed E-state index contributed by atoms with van der Waals surface area (Å²) in [5.74, 6) is 0. The molecule has 0 saturated heterocycles. The van der Waals surface area contributed by atoms with Crippen molar-refractivity contribution in [3.05, 3.63) is 181 Å². The normalized spacial score (nSPS) is 13.1. The Kier molecular flexibility index (Phi) is 18.2. The molecular formula is C49H52N4O. The molecule has 1 atom stereocenters. The van der Waals surface area contributed by atoms with Crippen molar-refractivity contribution in [2.24, 2.45) is 4.99 Å². The molecule has 4 aromatic carbocycles. The van der Waals surface area contributed by atoms with Crippen LogP contribution in [0.15, 0.2) is 174 Å². The first-order chi connectivity index (χ1) is 26.5. The van der Waals surface area contributed by atoms with Crippen molar-refractivity contribution in [2.45, 2.75) is 58.9 Å². The fourth-order valence-electron chi connectivity index (χ4n) is 6.23. The molecule has 4 aromatic rings. The number of hydrogen-bond acceptors (Lipinski definition) is 5. The van der Waals surface area contributed by atoms with Crippen LogP contribution in [0.5, 0.6) is 0 Å². The van der Waals surface area contributed by atoms with Crippen molar-refractivity contribution >= 4 is 39.6 Å². The van der Waals surface area contributed by atoms with Gasteiger partial charge < -0.3 is 10.0 Å². The molecule has 1 aliphatic rings. The number of nitrogens with zero attached hydrogens (tertiary/aromatic N) is 4. The Hall–Kier alpha value is -6.27. The molecule has 0 radical (unpaired) electrons. The van der Waals surface area contributed by atoms with Gasteiger partial charge in [-0.15, -0.1) is 0 Å². The van der Waals surface area contributed by atoms with Crippen LogP contribution >= 0.6 is 0 Å². The SMILES string of the molecule is C=C(C1=C(C(CC)N=C/C=C\CCC)C=CCC1)c1ccc(N(c2ccccc2)c2ccc(C#N)cc2)c2ccccc12.C=C/C=C(C#N)\C=C/C.CO. The van der Waals surface area contributed by atoms with Crippen molar-refractivity contribution in [2.75, 3.05) is 12.0 Å². The Balaban J connectivity index is 0.000000626. The van der Waals surface area contributed by atoms with Gasteiger partial charge in [0, 0.05) is 30.1 Å². The maximum Gasteiger partial charge on any atom is 0.0991 e. The molecule has 54 heavy (non-hydrogen) atoms. The zero-order chi connectivity index (χ0) is 39.1. The third-order valence-electron chi connectivity index (χ3n) is 8.77. The van der Waals surface area contributed by atoms with Gasteiger partial charge in [-0.2, -0.15) is 10.5 Å². The van der Waals surface area contributed by atoms with Crippen LogP contribution in [0.4, 0.5) is 17.1 Å². The lowest BCUT2D eigenvalue weighted by Crippen LogP contribution is -2.12. The van der Waals surface area contributed by atoms with Gasteiger partial charge in [0.05, 0.1) is 35.0 Å². The minimum Gasteiger partial charge on any atom is -0.400 e. The second kappa shape index (κ2) is 23.3. The van der Waals surface area contributed by atoms with Crippen LogP contribution in [-0.2, 0) is 0 Å². The van der Waals surface area contributed by atoms with E-state index in [0.29, 0.717) is 11.1 Å². The van der Waals surface area contributed by atoms with E-state index in [0.717, 1.165) is 72.8 Å². The summed E-state index contributed by atoms with van der Waals surface area (Å²) in [6.45, 7) is 14.4. The molecule has 1 unspecified atom stereocenters. The number of aliphatic hydroxyl groups is 1. The van der Waals surface area contributed by atoms with Crippen LogP contribution in [0.25, 0.3) is 16.3 Å². The molecule has 1 N–H and O–H groups in total. The maximum absolute atomic E-state index is 9.38. The van der Waals surface area contributed by atoms with Gasteiger partial charge in [0.15, 0.2) is 0 Å². The average molecular weight is 713 g/mol. The lowest BCUT2D eigenvalue weighted by atomic mass is 9.83. The number of fused-ring (bicyclic) bond motifs is 1. The van der Waals surface area contributed by atoms with E-state index < -0.39 is 0 Å². The molecule has 0 aliphatic heterocycles. The molecule has 0 heterocycles. The summed E-state index contributed by atoms with van der Waals surface area (Å²) in [4.78, 5) is 7.22. The van der Waals surface area contributed by atoms with Crippen LogP contribution in [0.2, 0.25) is 0 Å². The quantitative estimate of drug-likeness (QED) is 0.0849. The van der Waals surface area contributed by atoms with E-state index in [9.17, 15) is 5.26 Å². The number of nitriles is 2. The predicted molar refractivity (Wildman–Crippen MR) is 231 cm³/mol. The highest BCUT2D eigenvalue weighted by Gasteiger charge is 2.22. The highest BCUT2D eigenvalue weighted by molar-refractivity contribution is 6.05. The molecule has 0 aromatic heterocycles. The van der Waals surface area contributed by atoms with Crippen LogP contribution in [0.3, 0.4) is 0 Å². The third kappa shape index (κ3) is 11.4. The molecule has 5 heteroatoms. The molecule has 0 fully saturated rings. The molecule has 5 nitrogen and oxygen atoms in total. The number of para-hydroxylation sites is 1. The Morgan fingerprint density at radius 2 is 1.61 bits per heavy atom. The summed E-state index contributed by atoms with van der Waals surface area (Å²) in [6, 6.07) is 35.5. The third-order valence-corrected chi connectivity index (χ3v) is 8.77. The number of unbranched alkanes of at least 4 members (excludes halogenated alkanes) is 1. The number of aliphatic hydroxyl groups excluding tert-OH is 1. The van der Waals surface area contributed by atoms with Gasteiger partial charge >= 0.3 is 0 Å². The lowest BCUT2D eigenvalue weighted by Gasteiger charge is -2.28. The van der Waals surface area contributed by atoms with E-state index in [1.54, 1.807) is 18.2 Å². The van der Waals surface area contributed by atoms with Gasteiger partial charge in [0.1, 0.15) is 0 Å². The number of aliphatic imine (C=N–C) groups is 1. The molecule has 0 bridgehead atoms. The van der Waals surface area contributed by atoms with Crippen LogP contribution in [0.1, 0.15) is 64.0 Å². The summed E-state index contributed by atoms with van der Waals surface area (Å²) in [6.07, 6.45) is 22.7. The second-order valence-corrected chi connectivity index (χ2v) is 12.3. The van der Waals surface area contributed by atoms with Crippen molar-refractivity contribution < 1.29 is 5.11 Å². The maximum atomic E-state index is 9.38. The lowest BCUT2D eigenvalue weighted by molar-refractivity contribution is 0.399. The van der Waals surface area contributed by atoms with Crippen LogP contribution in [0, 0.1) is 22.7 Å². The summed E-state index contributed by atoms with van der Waals surface area (Å²) >= 11 is 0. The highest BCUT2D eigenvalue weighted by Crippen LogP contribution is 2.43. The number of anilines is 3. The molecule has 0 amide bonds. The Labute approximate surface area is 322 Å². The van der Waals surface area contributed by atoms with Crippen molar-refractivity contribution in [3.63, 3.8) is 0 Å². The fourth-order valence-corrected chi connectivity index (χ4v) is 6.23. The Morgan fingerprint density at radius 3 is 2.24 bits per heavy atom. The summed E-state index contributed by atoms with van der Waals surface area (Å²) in [7, 11) is 1.00. The van der Waals surface area contributed by atoms with E-state index >= 15 is 0 Å². The highest BCUT2D eigenvalue weighted by atomic mass is 16.2. The Bertz CT molecular complexity index is 2100. The smallest absolute Gasteiger partial charge is 0.0991 e. The standard InChI is InChI=1S/C40H39N3.C8H9N.CH4O/c1-4-6-7-15-28-42-39(5-2)37-20-13-11-18-34(37)30(3)35-26-27-40(38-21-14-12-19-36(35)38)43(32-16-9-8-10-17-32)33-24-22-31(29-41)23-25-33;1-3-5-8(7-9)6-4-2;1-2/h7-10,12-17,19-28,39H,3-6,11,18H2,1-2H3;3-6H,1H2,2H3;2H,1H3/b15-7-,42-28?;6-4-,8-5+;. The van der Waals surface area contributed by atoms with Gasteiger partial charge in [-0.1, -0.05) is 112 Å². The minimum atomic E-state index is 0.102. The molecule has 0 saturated carbocycles. The van der Waals surface area contributed by atoms with Gasteiger partial charge in [-0.3, -0.25) is 4.99 Å². The first-order valence-electron chi connectivity index (χ1n) is 18.5. The predicted octanol–water partition coefficient (Wildman–Crippen LogP) is 12.9. The van der Waals surface area contributed by atoms with Gasteiger partial charge in [0.25, 0.3) is 0 Å². The van der Waals surface area contributed by atoms with Crippen molar-refractivity contribution in [1.82, 2.24) is 0 Å². The first-order valence-corrected chi connectivity index (χ1v) is 18.5. The number of allylic oxidation sites excluding steroid dienone is 10. The molecular weight excluding hydrogens is 661 g/mol. The summed E-state index contributed by atoms with van der Waals surface area (Å²) in [5.41, 5.74) is 9.21. The van der Waals surface area contributed by atoms with Crippen LogP contribution in [-0.4, -0.2) is 24.5 Å². The van der Waals surface area contributed by atoms with E-state index in [2.05, 4.69) is 116 Å². The first kappa shape index (κ1) is 42.1. The second-order valence-electron chi connectivity index (χ2n) is 12.3. The Morgan fingerprint density at radius 1 is 0.926 bits per heavy atom. The van der Waals surface area contributed by atoms with Crippen molar-refractivity contribution in [3.8, 4) is 12.1 Å². The number of hydrogen-bond donors (Lipinski definition) is 1. The fraction of sp³-hybridized carbons (Fsp3) is 0.204. The van der Waals surface area contributed by atoms with Crippen LogP contribution < -0.4 is 4.90 Å².